The number of carbonyl (C=O) groups is 1. The van der Waals surface area contributed by atoms with Gasteiger partial charge in [-0.05, 0) is 86.0 Å². The summed E-state index contributed by atoms with van der Waals surface area (Å²) in [6, 6.07) is 22.9. The summed E-state index contributed by atoms with van der Waals surface area (Å²) in [5.74, 6) is 0.0147. The van der Waals surface area contributed by atoms with Gasteiger partial charge in [-0.15, -0.1) is 0 Å². The van der Waals surface area contributed by atoms with Crippen LogP contribution < -0.4 is 5.32 Å². The highest BCUT2D eigenvalue weighted by Gasteiger charge is 2.52. The van der Waals surface area contributed by atoms with E-state index in [0.717, 1.165) is 22.2 Å². The Kier molecular flexibility index (Phi) is 6.97. The van der Waals surface area contributed by atoms with Crippen LogP contribution in [0.5, 0.6) is 0 Å². The van der Waals surface area contributed by atoms with Crippen LogP contribution in [0.1, 0.15) is 61.4 Å². The number of fused-ring (bicyclic) bond motifs is 3. The van der Waals surface area contributed by atoms with Crippen LogP contribution in [0.25, 0.3) is 17.2 Å². The molecule has 0 atom stereocenters. The van der Waals surface area contributed by atoms with E-state index < -0.39 is 24.4 Å². The predicted molar refractivity (Wildman–Crippen MR) is 153 cm³/mol. The lowest BCUT2D eigenvalue weighted by atomic mass is 9.76. The molecule has 0 radical (unpaired) electrons. The first-order valence-electron chi connectivity index (χ1n) is 13.3. The third kappa shape index (κ3) is 4.91. The molecule has 0 aromatic heterocycles. The Bertz CT molecular complexity index is 1310. The van der Waals surface area contributed by atoms with Crippen LogP contribution in [0.2, 0.25) is 0 Å². The molecule has 196 valence electrons. The number of nitrogens with one attached hydrogen (secondary N) is 1. The summed E-state index contributed by atoms with van der Waals surface area (Å²) in [6.45, 7) is 12.8. The number of rotatable bonds is 6. The number of aryl methyl sites for hydroxylation is 2. The average molecular weight is 509 g/mol. The molecule has 0 saturated carbocycles. The second kappa shape index (κ2) is 10.1. The fourth-order valence-corrected chi connectivity index (χ4v) is 5.26. The molecule has 5 nitrogen and oxygen atoms in total. The van der Waals surface area contributed by atoms with Crippen molar-refractivity contribution in [2.24, 2.45) is 0 Å². The van der Waals surface area contributed by atoms with Crippen LogP contribution in [-0.4, -0.2) is 37.6 Å². The molecule has 1 heterocycles. The van der Waals surface area contributed by atoms with E-state index in [1.54, 1.807) is 0 Å². The maximum atomic E-state index is 12.9. The van der Waals surface area contributed by atoms with Gasteiger partial charge in [0, 0.05) is 12.5 Å². The van der Waals surface area contributed by atoms with Crippen LogP contribution in [-0.2, 0) is 14.0 Å². The predicted octanol–water partition coefficient (Wildman–Crippen LogP) is 6.86. The molecule has 38 heavy (non-hydrogen) atoms. The smallest absolute Gasteiger partial charge is 0.449 e. The van der Waals surface area contributed by atoms with E-state index in [1.807, 2.05) is 58.0 Å². The third-order valence-electron chi connectivity index (χ3n) is 8.21. The maximum Gasteiger partial charge on any atom is 0.492 e. The van der Waals surface area contributed by atoms with E-state index in [9.17, 15) is 4.79 Å². The summed E-state index contributed by atoms with van der Waals surface area (Å²) in [5.41, 5.74) is 8.07. The van der Waals surface area contributed by atoms with E-state index in [1.165, 1.54) is 22.3 Å². The molecule has 3 aromatic rings. The second-order valence-electron chi connectivity index (χ2n) is 11.3. The number of benzene rings is 3. The average Bonchev–Trinajstić information content (AvgIpc) is 3.31. The van der Waals surface area contributed by atoms with Crippen LogP contribution in [0.4, 0.5) is 4.79 Å². The molecular formula is C32H36BNO4. The van der Waals surface area contributed by atoms with Crippen LogP contribution in [0.15, 0.2) is 72.2 Å². The fraction of sp³-hybridized carbons (Fsp3) is 0.344. The molecule has 1 amide bonds. The molecule has 0 unspecified atom stereocenters. The van der Waals surface area contributed by atoms with Crippen molar-refractivity contribution in [3.63, 3.8) is 0 Å². The zero-order valence-electron chi connectivity index (χ0n) is 23.1. The Hall–Kier alpha value is -3.35. The number of amides is 1. The van der Waals surface area contributed by atoms with E-state index in [2.05, 4.69) is 61.6 Å². The third-order valence-corrected chi connectivity index (χ3v) is 8.21. The van der Waals surface area contributed by atoms with Crippen molar-refractivity contribution in [2.75, 3.05) is 13.2 Å². The van der Waals surface area contributed by atoms with Gasteiger partial charge in [0.05, 0.1) is 11.2 Å². The van der Waals surface area contributed by atoms with Gasteiger partial charge >= 0.3 is 13.2 Å². The van der Waals surface area contributed by atoms with Gasteiger partial charge in [0.15, 0.2) is 0 Å². The minimum absolute atomic E-state index is 0.0147. The monoisotopic (exact) mass is 509 g/mol. The summed E-state index contributed by atoms with van der Waals surface area (Å²) in [7, 11) is -0.576. The minimum atomic E-state index is -0.576. The fourth-order valence-electron chi connectivity index (χ4n) is 5.26. The van der Waals surface area contributed by atoms with Crippen molar-refractivity contribution in [1.82, 2.24) is 5.32 Å². The minimum Gasteiger partial charge on any atom is -0.449 e. The molecule has 1 aliphatic heterocycles. The standard InChI is InChI=1S/C32H36BNO4/c1-21-12-11-13-22(2)28(21)18-23(33-37-31(3,4)32(5,6)38-33)19-34-30(35)36-20-29-26-16-9-7-14-24(26)25-15-8-10-17-27(25)29/h7-18,29H,19-20H2,1-6H3,(H,34,35). The van der Waals surface area contributed by atoms with Crippen molar-refractivity contribution in [3.05, 3.63) is 100 Å². The number of hydrogen-bond acceptors (Lipinski definition) is 4. The Morgan fingerprint density at radius 1 is 0.868 bits per heavy atom. The molecular weight excluding hydrogens is 473 g/mol. The van der Waals surface area contributed by atoms with Crippen molar-refractivity contribution < 1.29 is 18.8 Å². The summed E-state index contributed by atoms with van der Waals surface area (Å²) < 4.78 is 18.5. The highest BCUT2D eigenvalue weighted by molar-refractivity contribution is 6.56. The van der Waals surface area contributed by atoms with Crippen molar-refractivity contribution in [1.29, 1.82) is 0 Å². The van der Waals surface area contributed by atoms with E-state index in [4.69, 9.17) is 14.0 Å². The van der Waals surface area contributed by atoms with Gasteiger partial charge in [0.1, 0.15) is 6.61 Å². The lowest BCUT2D eigenvalue weighted by molar-refractivity contribution is 0.00578. The van der Waals surface area contributed by atoms with Crippen molar-refractivity contribution >= 4 is 19.3 Å². The number of ether oxygens (including phenoxy) is 1. The van der Waals surface area contributed by atoms with Gasteiger partial charge in [0.25, 0.3) is 0 Å². The summed E-state index contributed by atoms with van der Waals surface area (Å²) in [4.78, 5) is 12.9. The Labute approximate surface area is 226 Å². The number of alkyl carbamates (subject to hydrolysis) is 1. The normalized spacial score (nSPS) is 17.7. The van der Waals surface area contributed by atoms with E-state index in [-0.39, 0.29) is 19.1 Å². The van der Waals surface area contributed by atoms with Gasteiger partial charge in [-0.1, -0.05) is 72.8 Å². The lowest BCUT2D eigenvalue weighted by Crippen LogP contribution is -2.41. The topological polar surface area (TPSA) is 56.8 Å². The number of hydrogen-bond donors (Lipinski definition) is 1. The molecule has 1 fully saturated rings. The lowest BCUT2D eigenvalue weighted by Gasteiger charge is -2.32. The summed E-state index contributed by atoms with van der Waals surface area (Å²) in [6.07, 6.45) is 1.62. The molecule has 1 saturated heterocycles. The molecule has 3 aromatic carbocycles. The van der Waals surface area contributed by atoms with Crippen LogP contribution in [0, 0.1) is 13.8 Å². The summed E-state index contributed by atoms with van der Waals surface area (Å²) >= 11 is 0. The number of carbonyl (C=O) groups excluding carboxylic acids is 1. The summed E-state index contributed by atoms with van der Waals surface area (Å²) in [5, 5.41) is 2.96. The van der Waals surface area contributed by atoms with Gasteiger partial charge < -0.3 is 19.4 Å². The Morgan fingerprint density at radius 3 is 1.95 bits per heavy atom. The Balaban J connectivity index is 1.32. The highest BCUT2D eigenvalue weighted by Crippen LogP contribution is 2.44. The molecule has 0 bridgehead atoms. The molecule has 1 N–H and O–H groups in total. The van der Waals surface area contributed by atoms with Gasteiger partial charge in [-0.25, -0.2) is 4.79 Å². The van der Waals surface area contributed by atoms with E-state index in [0.29, 0.717) is 0 Å². The highest BCUT2D eigenvalue weighted by atomic mass is 16.7. The van der Waals surface area contributed by atoms with Crippen molar-refractivity contribution in [3.8, 4) is 11.1 Å². The quantitative estimate of drug-likeness (QED) is 0.369. The Morgan fingerprint density at radius 2 is 1.39 bits per heavy atom. The van der Waals surface area contributed by atoms with Gasteiger partial charge in [-0.2, -0.15) is 0 Å². The maximum absolute atomic E-state index is 12.9. The zero-order chi connectivity index (χ0) is 27.1. The largest absolute Gasteiger partial charge is 0.492 e. The molecule has 2 aliphatic rings. The van der Waals surface area contributed by atoms with Crippen LogP contribution >= 0.6 is 0 Å². The molecule has 5 rings (SSSR count). The zero-order valence-corrected chi connectivity index (χ0v) is 23.1. The first-order chi connectivity index (χ1) is 18.1. The second-order valence-corrected chi connectivity index (χ2v) is 11.3. The first kappa shape index (κ1) is 26.3. The van der Waals surface area contributed by atoms with E-state index >= 15 is 0 Å². The van der Waals surface area contributed by atoms with Gasteiger partial charge in [-0.3, -0.25) is 0 Å². The van der Waals surface area contributed by atoms with Crippen molar-refractivity contribution in [2.45, 2.75) is 58.7 Å². The van der Waals surface area contributed by atoms with Gasteiger partial charge in [0.2, 0.25) is 0 Å². The molecule has 0 spiro atoms. The SMILES string of the molecule is Cc1cccc(C)c1C=C(CNC(=O)OCC1c2ccccc2-c2ccccc21)B1OC(C)(C)C(C)(C)O1. The first-order valence-corrected chi connectivity index (χ1v) is 13.3. The van der Waals surface area contributed by atoms with Crippen LogP contribution in [0.3, 0.4) is 0 Å². The molecule has 1 aliphatic carbocycles. The molecule has 6 heteroatoms.